The predicted octanol–water partition coefficient (Wildman–Crippen LogP) is 4.35. The third kappa shape index (κ3) is 2.61. The van der Waals surface area contributed by atoms with Gasteiger partial charge in [-0.3, -0.25) is 9.59 Å². The molecular formula is C23H35NO3. The minimum atomic E-state index is -0.946. The topological polar surface area (TPSA) is 57.6 Å². The average Bonchev–Trinajstić information content (AvgIpc) is 3.01. The molecule has 1 N–H and O–H groups in total. The maximum absolute atomic E-state index is 12.7. The summed E-state index contributed by atoms with van der Waals surface area (Å²) >= 11 is 0. The van der Waals surface area contributed by atoms with Crippen molar-refractivity contribution < 1.29 is 14.7 Å². The van der Waals surface area contributed by atoms with Gasteiger partial charge >= 0.3 is 5.97 Å². The lowest BCUT2D eigenvalue weighted by Gasteiger charge is -2.64. The summed E-state index contributed by atoms with van der Waals surface area (Å²) in [6.45, 7) is 8.83. The van der Waals surface area contributed by atoms with E-state index in [1.807, 2.05) is 7.05 Å². The predicted molar refractivity (Wildman–Crippen MR) is 105 cm³/mol. The molecule has 0 aromatic rings. The van der Waals surface area contributed by atoms with Gasteiger partial charge in [0.2, 0.25) is 5.91 Å². The number of fused-ring (bicyclic) bond motifs is 5. The molecule has 8 atom stereocenters. The molecule has 1 amide bonds. The summed E-state index contributed by atoms with van der Waals surface area (Å²) in [5.74, 6) is 0.497. The zero-order valence-corrected chi connectivity index (χ0v) is 17.1. The lowest BCUT2D eigenvalue weighted by atomic mass is 9.44. The summed E-state index contributed by atoms with van der Waals surface area (Å²) in [4.78, 5) is 26.4. The van der Waals surface area contributed by atoms with Crippen LogP contribution in [0.15, 0.2) is 12.7 Å². The summed E-state index contributed by atoms with van der Waals surface area (Å²) in [6.07, 6.45) is 11.1. The first kappa shape index (κ1) is 19.0. The number of aliphatic carboxylic acids is 1. The Balaban J connectivity index is 1.75. The number of likely N-dealkylation sites (tertiary alicyclic amines) is 1. The second-order valence-electron chi connectivity index (χ2n) is 10.5. The molecular weight excluding hydrogens is 338 g/mol. The first-order valence-corrected chi connectivity index (χ1v) is 10.8. The molecule has 0 aromatic heterocycles. The monoisotopic (exact) mass is 373 g/mol. The highest BCUT2D eigenvalue weighted by atomic mass is 16.4. The van der Waals surface area contributed by atoms with E-state index < -0.39 is 11.9 Å². The molecule has 4 nitrogen and oxygen atoms in total. The van der Waals surface area contributed by atoms with Crippen LogP contribution in [-0.2, 0) is 9.59 Å². The Kier molecular flexibility index (Phi) is 4.47. The van der Waals surface area contributed by atoms with E-state index in [0.717, 1.165) is 18.8 Å². The van der Waals surface area contributed by atoms with Gasteiger partial charge in [0.05, 0.1) is 0 Å². The van der Waals surface area contributed by atoms with Crippen molar-refractivity contribution in [2.75, 3.05) is 7.05 Å². The summed E-state index contributed by atoms with van der Waals surface area (Å²) in [5, 5.41) is 9.69. The highest BCUT2D eigenvalue weighted by Gasteiger charge is 2.63. The molecule has 3 saturated carbocycles. The first-order chi connectivity index (χ1) is 12.7. The lowest BCUT2D eigenvalue weighted by molar-refractivity contribution is -0.181. The molecule has 4 aliphatic rings. The number of amides is 1. The number of carboxylic acids is 1. The Labute approximate surface area is 163 Å². The van der Waals surface area contributed by atoms with Gasteiger partial charge in [-0.1, -0.05) is 26.3 Å². The van der Waals surface area contributed by atoms with E-state index in [9.17, 15) is 14.7 Å². The summed E-state index contributed by atoms with van der Waals surface area (Å²) in [5.41, 5.74) is 0.379. The number of piperidine rings is 1. The van der Waals surface area contributed by atoms with Crippen LogP contribution in [0, 0.1) is 40.4 Å². The van der Waals surface area contributed by atoms with Gasteiger partial charge in [0.15, 0.2) is 0 Å². The highest BCUT2D eigenvalue weighted by molar-refractivity contribution is 5.97. The molecule has 150 valence electrons. The number of allylic oxidation sites excluding steroid dienone is 1. The van der Waals surface area contributed by atoms with Crippen molar-refractivity contribution in [2.45, 2.75) is 71.3 Å². The SMILES string of the molecule is C=CCC1CC2N(C)C(=O)C(C(=O)O)C[C@]2(C)[C@@H]2CC[C@]3(C)CCC[C@H]3[C@H]12. The number of carbonyl (C=O) groups is 2. The Morgan fingerprint density at radius 1 is 1.30 bits per heavy atom. The van der Waals surface area contributed by atoms with E-state index in [-0.39, 0.29) is 17.4 Å². The fourth-order valence-corrected chi connectivity index (χ4v) is 8.05. The molecule has 4 heteroatoms. The molecule has 0 radical (unpaired) electrons. The summed E-state index contributed by atoms with van der Waals surface area (Å²) in [6, 6.07) is 0.164. The maximum Gasteiger partial charge on any atom is 0.316 e. The van der Waals surface area contributed by atoms with Crippen LogP contribution >= 0.6 is 0 Å². The van der Waals surface area contributed by atoms with Gasteiger partial charge in [0.25, 0.3) is 0 Å². The third-order valence-electron chi connectivity index (χ3n) is 9.32. The van der Waals surface area contributed by atoms with Crippen molar-refractivity contribution >= 4 is 11.9 Å². The molecule has 1 aliphatic heterocycles. The van der Waals surface area contributed by atoms with Crippen molar-refractivity contribution in [2.24, 2.45) is 40.4 Å². The normalized spacial score (nSPS) is 49.1. The molecule has 0 aromatic carbocycles. The van der Waals surface area contributed by atoms with Gasteiger partial charge in [-0.2, -0.15) is 0 Å². The smallest absolute Gasteiger partial charge is 0.316 e. The largest absolute Gasteiger partial charge is 0.481 e. The van der Waals surface area contributed by atoms with E-state index in [1.54, 1.807) is 4.90 Å². The van der Waals surface area contributed by atoms with Crippen LogP contribution in [-0.4, -0.2) is 35.0 Å². The quantitative estimate of drug-likeness (QED) is 0.591. The minimum absolute atomic E-state index is 0.0853. The molecule has 3 unspecified atom stereocenters. The molecule has 1 heterocycles. The van der Waals surface area contributed by atoms with Gasteiger partial charge in [0, 0.05) is 13.1 Å². The van der Waals surface area contributed by atoms with Crippen LogP contribution in [0.25, 0.3) is 0 Å². The lowest BCUT2D eigenvalue weighted by Crippen LogP contribution is -2.65. The number of carbonyl (C=O) groups excluding carboxylic acids is 1. The second-order valence-corrected chi connectivity index (χ2v) is 10.5. The number of carboxylic acid groups (broad SMARTS) is 1. The van der Waals surface area contributed by atoms with Crippen molar-refractivity contribution in [3.05, 3.63) is 12.7 Å². The molecule has 0 bridgehead atoms. The van der Waals surface area contributed by atoms with Gasteiger partial charge in [-0.15, -0.1) is 6.58 Å². The Bertz CT molecular complexity index is 660. The fourth-order valence-electron chi connectivity index (χ4n) is 8.05. The summed E-state index contributed by atoms with van der Waals surface area (Å²) < 4.78 is 0. The highest BCUT2D eigenvalue weighted by Crippen LogP contribution is 2.66. The van der Waals surface area contributed by atoms with Crippen molar-refractivity contribution in [1.82, 2.24) is 4.90 Å². The van der Waals surface area contributed by atoms with Gasteiger partial charge in [-0.25, -0.2) is 0 Å². The van der Waals surface area contributed by atoms with Crippen molar-refractivity contribution in [1.29, 1.82) is 0 Å². The Morgan fingerprint density at radius 2 is 2.04 bits per heavy atom. The third-order valence-corrected chi connectivity index (χ3v) is 9.32. The van der Waals surface area contributed by atoms with E-state index in [4.69, 9.17) is 0 Å². The van der Waals surface area contributed by atoms with Crippen LogP contribution in [0.3, 0.4) is 0 Å². The van der Waals surface area contributed by atoms with E-state index in [1.165, 1.54) is 32.1 Å². The molecule has 0 spiro atoms. The molecule has 3 aliphatic carbocycles. The zero-order valence-electron chi connectivity index (χ0n) is 17.1. The van der Waals surface area contributed by atoms with E-state index >= 15 is 0 Å². The van der Waals surface area contributed by atoms with Crippen molar-refractivity contribution in [3.8, 4) is 0 Å². The first-order valence-electron chi connectivity index (χ1n) is 10.8. The minimum Gasteiger partial charge on any atom is -0.481 e. The van der Waals surface area contributed by atoms with Gasteiger partial charge in [0.1, 0.15) is 5.92 Å². The van der Waals surface area contributed by atoms with E-state index in [0.29, 0.717) is 29.6 Å². The number of hydrogen-bond acceptors (Lipinski definition) is 2. The maximum atomic E-state index is 12.7. The Hall–Kier alpha value is -1.32. The number of rotatable bonds is 3. The number of hydrogen-bond donors (Lipinski definition) is 1. The van der Waals surface area contributed by atoms with Crippen LogP contribution in [0.5, 0.6) is 0 Å². The van der Waals surface area contributed by atoms with Crippen LogP contribution in [0.2, 0.25) is 0 Å². The van der Waals surface area contributed by atoms with Gasteiger partial charge in [-0.05, 0) is 79.4 Å². The summed E-state index contributed by atoms with van der Waals surface area (Å²) in [7, 11) is 1.84. The molecule has 27 heavy (non-hydrogen) atoms. The van der Waals surface area contributed by atoms with Crippen molar-refractivity contribution in [3.63, 3.8) is 0 Å². The van der Waals surface area contributed by atoms with Crippen LogP contribution in [0.1, 0.15) is 65.2 Å². The average molecular weight is 374 g/mol. The number of nitrogens with zero attached hydrogens (tertiary/aromatic N) is 1. The van der Waals surface area contributed by atoms with Crippen LogP contribution in [0.4, 0.5) is 0 Å². The van der Waals surface area contributed by atoms with Gasteiger partial charge < -0.3 is 10.0 Å². The second kappa shape index (κ2) is 6.35. The fraction of sp³-hybridized carbons (Fsp3) is 0.826. The molecule has 1 saturated heterocycles. The molecule has 4 fully saturated rings. The molecule has 4 rings (SSSR count). The van der Waals surface area contributed by atoms with E-state index in [2.05, 4.69) is 26.5 Å². The van der Waals surface area contributed by atoms with Crippen LogP contribution < -0.4 is 0 Å². The standard InChI is InChI=1S/C23H35NO3/c1-5-7-14-12-18-23(3,13-15(21(26)27)20(25)24(18)4)17-9-11-22(2)10-6-8-16(22)19(14)17/h5,14-19H,1,6-13H2,2-4H3,(H,26,27)/t14?,15?,16-,17+,18?,19-,22-,23+/m0/s1. The zero-order chi connectivity index (χ0) is 19.6. The Morgan fingerprint density at radius 3 is 2.70 bits per heavy atom.